The Morgan fingerprint density at radius 3 is 2.78 bits per heavy atom. The van der Waals surface area contributed by atoms with E-state index in [1.54, 1.807) is 17.0 Å². The van der Waals surface area contributed by atoms with Crippen molar-refractivity contribution in [3.63, 3.8) is 0 Å². The molecule has 2 unspecified atom stereocenters. The number of piperidine rings is 1. The predicted molar refractivity (Wildman–Crippen MR) is 124 cm³/mol. The van der Waals surface area contributed by atoms with Crippen molar-refractivity contribution in [3.8, 4) is 0 Å². The van der Waals surface area contributed by atoms with Gasteiger partial charge in [-0.25, -0.2) is 4.39 Å². The monoisotopic (exact) mass is 465 g/mol. The highest BCUT2D eigenvalue weighted by atomic mass is 35.5. The summed E-state index contributed by atoms with van der Waals surface area (Å²) >= 11 is 5.78. The number of aliphatic hydroxyl groups is 1. The Morgan fingerprint density at radius 1 is 1.22 bits per heavy atom. The van der Waals surface area contributed by atoms with Crippen LogP contribution in [0.3, 0.4) is 0 Å². The van der Waals surface area contributed by atoms with Gasteiger partial charge in [-0.2, -0.15) is 0 Å². The molecule has 1 N–H and O–H groups in total. The molecule has 2 aliphatic rings. The Kier molecular flexibility index (Phi) is 9.08. The fourth-order valence-corrected chi connectivity index (χ4v) is 4.53. The molecule has 6 nitrogen and oxygen atoms in total. The first-order valence-electron chi connectivity index (χ1n) is 11.5. The highest BCUT2D eigenvalue weighted by molar-refractivity contribution is 6.30. The summed E-state index contributed by atoms with van der Waals surface area (Å²) in [7, 11) is 0. The number of hydrogen-bond acceptors (Lipinski definition) is 4. The quantitative estimate of drug-likeness (QED) is 0.496. The second-order valence-electron chi connectivity index (χ2n) is 8.66. The summed E-state index contributed by atoms with van der Waals surface area (Å²) in [5.74, 6) is -0.585. The third kappa shape index (κ3) is 6.77. The van der Waals surface area contributed by atoms with Gasteiger partial charge in [0, 0.05) is 44.7 Å². The number of amides is 2. The molecule has 2 heterocycles. The molecule has 2 aliphatic heterocycles. The Labute approximate surface area is 194 Å². The zero-order valence-corrected chi connectivity index (χ0v) is 19.4. The number of halogens is 2. The molecule has 1 aromatic carbocycles. The lowest BCUT2D eigenvalue weighted by Crippen LogP contribution is -2.46. The van der Waals surface area contributed by atoms with Gasteiger partial charge in [-0.15, -0.1) is 0 Å². The Hall–Kier alpha value is -1.96. The molecule has 176 valence electrons. The minimum Gasteiger partial charge on any atom is -0.392 e. The molecule has 2 atom stereocenters. The molecule has 0 spiro atoms. The average molecular weight is 466 g/mol. The zero-order chi connectivity index (χ0) is 23.1. The number of benzene rings is 1. The van der Waals surface area contributed by atoms with Crippen LogP contribution in [0.1, 0.15) is 44.6 Å². The van der Waals surface area contributed by atoms with E-state index >= 15 is 0 Å². The lowest BCUT2D eigenvalue weighted by atomic mass is 10.00. The summed E-state index contributed by atoms with van der Waals surface area (Å²) in [6.07, 6.45) is 6.92. The summed E-state index contributed by atoms with van der Waals surface area (Å²) in [5, 5.41) is 10.0. The minimum absolute atomic E-state index is 0.0153. The van der Waals surface area contributed by atoms with Gasteiger partial charge < -0.3 is 14.9 Å². The van der Waals surface area contributed by atoms with Crippen molar-refractivity contribution < 1.29 is 19.1 Å². The maximum Gasteiger partial charge on any atom is 0.246 e. The van der Waals surface area contributed by atoms with Crippen LogP contribution in [-0.4, -0.2) is 83.0 Å². The fraction of sp³-hybridized carbons (Fsp3) is 0.583. The van der Waals surface area contributed by atoms with Gasteiger partial charge in [0.05, 0.1) is 11.1 Å². The highest BCUT2D eigenvalue weighted by Crippen LogP contribution is 2.19. The van der Waals surface area contributed by atoms with E-state index in [4.69, 9.17) is 11.6 Å². The number of carbonyl (C=O) groups is 2. The number of nitrogens with zero attached hydrogens (tertiary/aromatic N) is 3. The summed E-state index contributed by atoms with van der Waals surface area (Å²) in [6, 6.07) is 4.49. The molecule has 0 bridgehead atoms. The Morgan fingerprint density at radius 2 is 2.00 bits per heavy atom. The molecule has 32 heavy (non-hydrogen) atoms. The van der Waals surface area contributed by atoms with Gasteiger partial charge in [0.15, 0.2) is 0 Å². The third-order valence-electron chi connectivity index (χ3n) is 6.46. The van der Waals surface area contributed by atoms with Crippen LogP contribution in [0, 0.1) is 5.82 Å². The van der Waals surface area contributed by atoms with Gasteiger partial charge in [-0.1, -0.05) is 17.7 Å². The van der Waals surface area contributed by atoms with Gasteiger partial charge >= 0.3 is 0 Å². The van der Waals surface area contributed by atoms with Crippen molar-refractivity contribution in [1.29, 1.82) is 0 Å². The van der Waals surface area contributed by atoms with Crippen molar-refractivity contribution in [2.45, 2.75) is 51.2 Å². The number of unbranched alkanes of at least 4 members (excludes halogenated alkanes) is 1. The van der Waals surface area contributed by atoms with E-state index in [2.05, 4.69) is 11.8 Å². The molecule has 2 amide bonds. The Bertz CT molecular complexity index is 835. The first kappa shape index (κ1) is 24.7. The highest BCUT2D eigenvalue weighted by Gasteiger charge is 2.26. The fourth-order valence-electron chi connectivity index (χ4n) is 4.34. The lowest BCUT2D eigenvalue weighted by molar-refractivity contribution is -0.130. The number of carbonyl (C=O) groups excluding carboxylic acids is 2. The largest absolute Gasteiger partial charge is 0.392 e. The second-order valence-corrected chi connectivity index (χ2v) is 9.06. The van der Waals surface area contributed by atoms with Crippen molar-refractivity contribution >= 4 is 29.5 Å². The first-order chi connectivity index (χ1) is 15.3. The summed E-state index contributed by atoms with van der Waals surface area (Å²) in [4.78, 5) is 30.9. The first-order valence-corrected chi connectivity index (χ1v) is 11.8. The van der Waals surface area contributed by atoms with Crippen LogP contribution in [0.4, 0.5) is 4.39 Å². The van der Waals surface area contributed by atoms with Crippen LogP contribution in [0.15, 0.2) is 24.3 Å². The maximum atomic E-state index is 13.3. The summed E-state index contributed by atoms with van der Waals surface area (Å²) < 4.78 is 13.3. The maximum absolute atomic E-state index is 13.3. The van der Waals surface area contributed by atoms with E-state index in [1.807, 2.05) is 4.90 Å². The van der Waals surface area contributed by atoms with Crippen LogP contribution in [0.5, 0.6) is 0 Å². The Balaban J connectivity index is 1.43. The standard InChI is InChI=1S/C24H33ClFN3O3/c1-18-22(30)5-4-13-27(18)11-2-3-12-28-15-16-29(14-10-24(28)32)23(31)9-7-19-6-8-21(26)20(25)17-19/h6-9,17-18,22,30H,2-5,10-16H2,1H3/b9-7+. The zero-order valence-electron chi connectivity index (χ0n) is 18.7. The molecule has 2 saturated heterocycles. The molecule has 2 fully saturated rings. The normalized spacial score (nSPS) is 23.1. The number of likely N-dealkylation sites (tertiary alicyclic amines) is 1. The van der Waals surface area contributed by atoms with Gasteiger partial charge in [0.1, 0.15) is 5.82 Å². The van der Waals surface area contributed by atoms with E-state index in [-0.39, 0.29) is 29.0 Å². The molecule has 0 aliphatic carbocycles. The van der Waals surface area contributed by atoms with E-state index in [0.717, 1.165) is 38.8 Å². The van der Waals surface area contributed by atoms with E-state index in [0.29, 0.717) is 38.2 Å². The topological polar surface area (TPSA) is 64.1 Å². The van der Waals surface area contributed by atoms with Gasteiger partial charge in [0.25, 0.3) is 0 Å². The van der Waals surface area contributed by atoms with Gasteiger partial charge in [-0.05, 0) is 69.5 Å². The molecule has 1 aromatic rings. The van der Waals surface area contributed by atoms with Gasteiger partial charge in [0.2, 0.25) is 11.8 Å². The summed E-state index contributed by atoms with van der Waals surface area (Å²) in [6.45, 7) is 6.14. The molecule has 3 rings (SSSR count). The average Bonchev–Trinajstić information content (AvgIpc) is 2.96. The molecule has 0 radical (unpaired) electrons. The molecule has 0 saturated carbocycles. The predicted octanol–water partition coefficient (Wildman–Crippen LogP) is 3.18. The molecule has 8 heteroatoms. The number of hydrogen-bond donors (Lipinski definition) is 1. The number of rotatable bonds is 7. The van der Waals surface area contributed by atoms with E-state index in [1.165, 1.54) is 18.2 Å². The van der Waals surface area contributed by atoms with Gasteiger partial charge in [-0.3, -0.25) is 14.5 Å². The molecular weight excluding hydrogens is 433 g/mol. The van der Waals surface area contributed by atoms with Crippen molar-refractivity contribution in [1.82, 2.24) is 14.7 Å². The number of aliphatic hydroxyl groups excluding tert-OH is 1. The summed E-state index contributed by atoms with van der Waals surface area (Å²) in [5.41, 5.74) is 0.646. The van der Waals surface area contributed by atoms with Crippen molar-refractivity contribution in [2.24, 2.45) is 0 Å². The van der Waals surface area contributed by atoms with E-state index in [9.17, 15) is 19.1 Å². The SMILES string of the molecule is CC1C(O)CCCN1CCCCN1CCN(C(=O)/C=C/c2ccc(F)c(Cl)c2)CCC1=O. The van der Waals surface area contributed by atoms with Crippen LogP contribution >= 0.6 is 11.6 Å². The smallest absolute Gasteiger partial charge is 0.246 e. The van der Waals surface area contributed by atoms with Crippen molar-refractivity contribution in [2.75, 3.05) is 39.3 Å². The lowest BCUT2D eigenvalue weighted by Gasteiger charge is -2.37. The van der Waals surface area contributed by atoms with E-state index < -0.39 is 5.82 Å². The third-order valence-corrected chi connectivity index (χ3v) is 6.75. The van der Waals surface area contributed by atoms with Crippen LogP contribution < -0.4 is 0 Å². The van der Waals surface area contributed by atoms with Crippen LogP contribution in [-0.2, 0) is 9.59 Å². The van der Waals surface area contributed by atoms with Crippen LogP contribution in [0.25, 0.3) is 6.08 Å². The molecule has 0 aromatic heterocycles. The molecular formula is C24H33ClFN3O3. The second kappa shape index (κ2) is 11.8. The van der Waals surface area contributed by atoms with Crippen molar-refractivity contribution in [3.05, 3.63) is 40.7 Å². The van der Waals surface area contributed by atoms with Crippen LogP contribution in [0.2, 0.25) is 5.02 Å². The minimum atomic E-state index is -0.496.